The standard InChI is InChI=1S/C22H19ClN4O2/c23-17-7-5-14-6-8-19(18(14)11-17)27(22(29)15-3-1-9-25-12-15)13-16-4-2-10-26-20(16)21(24)28/h1-5,7,9-12,19H,6,8,13H2,(H2,24,28)/t19-/m1/s1. The van der Waals surface area contributed by atoms with Crippen molar-refractivity contribution < 1.29 is 9.59 Å². The second-order valence-electron chi connectivity index (χ2n) is 6.95. The minimum atomic E-state index is -0.621. The number of hydrogen-bond acceptors (Lipinski definition) is 4. The molecule has 0 bridgehead atoms. The van der Waals surface area contributed by atoms with Gasteiger partial charge in [-0.05, 0) is 54.3 Å². The molecule has 7 heteroatoms. The van der Waals surface area contributed by atoms with Gasteiger partial charge in [-0.2, -0.15) is 0 Å². The number of nitrogens with zero attached hydrogens (tertiary/aromatic N) is 3. The van der Waals surface area contributed by atoms with E-state index in [2.05, 4.69) is 9.97 Å². The van der Waals surface area contributed by atoms with Crippen LogP contribution in [0.2, 0.25) is 5.02 Å². The zero-order chi connectivity index (χ0) is 20.4. The molecule has 0 saturated carbocycles. The highest BCUT2D eigenvalue weighted by Gasteiger charge is 2.32. The molecule has 6 nitrogen and oxygen atoms in total. The van der Waals surface area contributed by atoms with Crippen LogP contribution >= 0.6 is 11.6 Å². The van der Waals surface area contributed by atoms with Crippen LogP contribution in [0.1, 0.15) is 50.0 Å². The maximum Gasteiger partial charge on any atom is 0.267 e. The fourth-order valence-electron chi connectivity index (χ4n) is 3.83. The summed E-state index contributed by atoms with van der Waals surface area (Å²) in [5.74, 6) is -0.792. The van der Waals surface area contributed by atoms with Crippen LogP contribution in [-0.4, -0.2) is 26.7 Å². The molecule has 3 aromatic rings. The van der Waals surface area contributed by atoms with E-state index in [1.165, 1.54) is 11.8 Å². The summed E-state index contributed by atoms with van der Waals surface area (Å²) >= 11 is 6.23. The summed E-state index contributed by atoms with van der Waals surface area (Å²) in [7, 11) is 0. The Bertz CT molecular complexity index is 1070. The average molecular weight is 407 g/mol. The zero-order valence-corrected chi connectivity index (χ0v) is 16.3. The van der Waals surface area contributed by atoms with Crippen molar-refractivity contribution in [1.82, 2.24) is 14.9 Å². The first-order valence-corrected chi connectivity index (χ1v) is 9.65. The van der Waals surface area contributed by atoms with Crippen LogP contribution in [0.3, 0.4) is 0 Å². The van der Waals surface area contributed by atoms with Crippen LogP contribution in [0.15, 0.2) is 61.1 Å². The average Bonchev–Trinajstić information content (AvgIpc) is 3.15. The van der Waals surface area contributed by atoms with Gasteiger partial charge in [0, 0.05) is 35.7 Å². The van der Waals surface area contributed by atoms with Crippen LogP contribution in [-0.2, 0) is 13.0 Å². The minimum absolute atomic E-state index is 0.167. The molecule has 0 fully saturated rings. The molecular weight excluding hydrogens is 388 g/mol. The van der Waals surface area contributed by atoms with Gasteiger partial charge in [0.1, 0.15) is 5.69 Å². The van der Waals surface area contributed by atoms with E-state index in [9.17, 15) is 9.59 Å². The Morgan fingerprint density at radius 3 is 2.76 bits per heavy atom. The van der Waals surface area contributed by atoms with Crippen LogP contribution < -0.4 is 5.73 Å². The molecule has 146 valence electrons. The third-order valence-electron chi connectivity index (χ3n) is 5.16. The van der Waals surface area contributed by atoms with Gasteiger partial charge in [-0.3, -0.25) is 19.6 Å². The van der Waals surface area contributed by atoms with Crippen molar-refractivity contribution in [3.63, 3.8) is 0 Å². The SMILES string of the molecule is NC(=O)c1ncccc1CN(C(=O)c1cccnc1)[C@@H]1CCc2ccc(Cl)cc21. The molecule has 29 heavy (non-hydrogen) atoms. The van der Waals surface area contributed by atoms with E-state index in [1.54, 1.807) is 41.6 Å². The summed E-state index contributed by atoms with van der Waals surface area (Å²) in [5, 5.41) is 0.628. The van der Waals surface area contributed by atoms with Gasteiger partial charge in [0.05, 0.1) is 11.6 Å². The lowest BCUT2D eigenvalue weighted by atomic mass is 10.0. The van der Waals surface area contributed by atoms with Crippen LogP contribution in [0.25, 0.3) is 0 Å². The number of hydrogen-bond donors (Lipinski definition) is 1. The molecule has 0 spiro atoms. The molecule has 2 amide bonds. The van der Waals surface area contributed by atoms with Gasteiger partial charge in [-0.15, -0.1) is 0 Å². The van der Waals surface area contributed by atoms with Crippen molar-refractivity contribution in [1.29, 1.82) is 0 Å². The predicted molar refractivity (Wildman–Crippen MR) is 109 cm³/mol. The van der Waals surface area contributed by atoms with Gasteiger partial charge in [-0.25, -0.2) is 0 Å². The number of benzene rings is 1. The summed E-state index contributed by atoms with van der Waals surface area (Å²) < 4.78 is 0. The molecule has 0 aliphatic heterocycles. The highest BCUT2D eigenvalue weighted by molar-refractivity contribution is 6.30. The van der Waals surface area contributed by atoms with E-state index < -0.39 is 5.91 Å². The predicted octanol–water partition coefficient (Wildman–Crippen LogP) is 3.56. The Morgan fingerprint density at radius 1 is 1.17 bits per heavy atom. The summed E-state index contributed by atoms with van der Waals surface area (Å²) in [6.45, 7) is 0.205. The van der Waals surface area contributed by atoms with Crippen molar-refractivity contribution in [3.05, 3.63) is 94.0 Å². The maximum atomic E-state index is 13.4. The van der Waals surface area contributed by atoms with Gasteiger partial charge in [0.25, 0.3) is 11.8 Å². The van der Waals surface area contributed by atoms with Crippen LogP contribution in [0, 0.1) is 0 Å². The first-order chi connectivity index (χ1) is 14.0. The number of pyridine rings is 2. The molecule has 2 heterocycles. The van der Waals surface area contributed by atoms with Crippen LogP contribution in [0.4, 0.5) is 0 Å². The van der Waals surface area contributed by atoms with Gasteiger partial charge < -0.3 is 10.6 Å². The molecule has 1 aromatic carbocycles. The normalized spacial score (nSPS) is 15.0. The second-order valence-corrected chi connectivity index (χ2v) is 7.38. The second kappa shape index (κ2) is 8.01. The number of rotatable bonds is 5. The van der Waals surface area contributed by atoms with E-state index in [-0.39, 0.29) is 24.2 Å². The molecular formula is C22H19ClN4O2. The summed E-state index contributed by atoms with van der Waals surface area (Å²) in [4.78, 5) is 35.2. The lowest BCUT2D eigenvalue weighted by Crippen LogP contribution is -2.34. The largest absolute Gasteiger partial charge is 0.364 e. The van der Waals surface area contributed by atoms with Crippen molar-refractivity contribution in [2.24, 2.45) is 5.73 Å². The number of aromatic nitrogens is 2. The number of aryl methyl sites for hydroxylation is 1. The number of nitrogens with two attached hydrogens (primary N) is 1. The number of carbonyl (C=O) groups excluding carboxylic acids is 2. The Labute approximate surface area is 173 Å². The van der Waals surface area contributed by atoms with Gasteiger partial charge in [0.2, 0.25) is 0 Å². The zero-order valence-electron chi connectivity index (χ0n) is 15.6. The maximum absolute atomic E-state index is 13.4. The minimum Gasteiger partial charge on any atom is -0.364 e. The number of carbonyl (C=O) groups is 2. The third kappa shape index (κ3) is 3.84. The number of fused-ring (bicyclic) bond motifs is 1. The fraction of sp³-hybridized carbons (Fsp3) is 0.182. The van der Waals surface area contributed by atoms with Gasteiger partial charge >= 0.3 is 0 Å². The summed E-state index contributed by atoms with van der Waals surface area (Å²) in [6.07, 6.45) is 6.30. The lowest BCUT2D eigenvalue weighted by Gasteiger charge is -2.30. The Hall–Kier alpha value is -3.25. The quantitative estimate of drug-likeness (QED) is 0.701. The van der Waals surface area contributed by atoms with Crippen LogP contribution in [0.5, 0.6) is 0 Å². The molecule has 0 saturated heterocycles. The molecule has 1 aliphatic rings. The lowest BCUT2D eigenvalue weighted by molar-refractivity contribution is 0.0655. The summed E-state index contributed by atoms with van der Waals surface area (Å²) in [5.41, 5.74) is 8.94. The van der Waals surface area contributed by atoms with Crippen molar-refractivity contribution in [3.8, 4) is 0 Å². The Balaban J connectivity index is 1.77. The van der Waals surface area contributed by atoms with Crippen molar-refractivity contribution in [2.75, 3.05) is 0 Å². The van der Waals surface area contributed by atoms with E-state index in [0.717, 1.165) is 18.4 Å². The first-order valence-electron chi connectivity index (χ1n) is 9.27. The number of primary amides is 1. The topological polar surface area (TPSA) is 89.2 Å². The molecule has 1 aliphatic carbocycles. The molecule has 2 N–H and O–H groups in total. The van der Waals surface area contributed by atoms with E-state index in [4.69, 9.17) is 17.3 Å². The first kappa shape index (κ1) is 19.1. The highest BCUT2D eigenvalue weighted by atomic mass is 35.5. The number of amides is 2. The fourth-order valence-corrected chi connectivity index (χ4v) is 4.01. The molecule has 4 rings (SSSR count). The van der Waals surface area contributed by atoms with Crippen molar-refractivity contribution >= 4 is 23.4 Å². The third-order valence-corrected chi connectivity index (χ3v) is 5.40. The smallest absolute Gasteiger partial charge is 0.267 e. The highest BCUT2D eigenvalue weighted by Crippen LogP contribution is 2.38. The van der Waals surface area contributed by atoms with E-state index in [0.29, 0.717) is 16.1 Å². The van der Waals surface area contributed by atoms with Gasteiger partial charge in [0.15, 0.2) is 0 Å². The van der Waals surface area contributed by atoms with Gasteiger partial charge in [-0.1, -0.05) is 23.7 Å². The summed E-state index contributed by atoms with van der Waals surface area (Å²) in [6, 6.07) is 12.6. The number of halogens is 1. The Morgan fingerprint density at radius 2 is 2.00 bits per heavy atom. The monoisotopic (exact) mass is 406 g/mol. The molecule has 1 atom stereocenters. The van der Waals surface area contributed by atoms with E-state index >= 15 is 0 Å². The molecule has 0 radical (unpaired) electrons. The van der Waals surface area contributed by atoms with E-state index in [1.807, 2.05) is 18.2 Å². The molecule has 2 aromatic heterocycles. The van der Waals surface area contributed by atoms with Crippen molar-refractivity contribution in [2.45, 2.75) is 25.4 Å². The Kier molecular flexibility index (Phi) is 5.27. The molecule has 0 unspecified atom stereocenters.